The summed E-state index contributed by atoms with van der Waals surface area (Å²) in [5.41, 5.74) is 7.00. The van der Waals surface area contributed by atoms with Crippen molar-refractivity contribution in [1.29, 1.82) is 0 Å². The summed E-state index contributed by atoms with van der Waals surface area (Å²) in [6, 6.07) is 9.22. The number of aliphatic carboxylic acids is 2. The number of nitrogens with one attached hydrogen (secondary N) is 3. The lowest BCUT2D eigenvalue weighted by molar-refractivity contribution is -0.143. The molecule has 4 unspecified atom stereocenters. The van der Waals surface area contributed by atoms with Crippen molar-refractivity contribution in [3.8, 4) is 5.75 Å². The van der Waals surface area contributed by atoms with E-state index in [9.17, 15) is 39.3 Å². The number of carbonyl (C=O) groups excluding carboxylic acids is 3. The number of aromatic hydroxyl groups is 1. The minimum Gasteiger partial charge on any atom is -0.508 e. The lowest BCUT2D eigenvalue weighted by atomic mass is 10.0. The van der Waals surface area contributed by atoms with Crippen LogP contribution in [0.1, 0.15) is 31.4 Å². The van der Waals surface area contributed by atoms with Gasteiger partial charge >= 0.3 is 11.9 Å². The molecular formula is C27H34N4O8. The highest BCUT2D eigenvalue weighted by atomic mass is 16.4. The van der Waals surface area contributed by atoms with Crippen LogP contribution in [0.2, 0.25) is 0 Å². The predicted octanol–water partition coefficient (Wildman–Crippen LogP) is 0.174. The molecule has 12 heteroatoms. The summed E-state index contributed by atoms with van der Waals surface area (Å²) >= 11 is 0. The average Bonchev–Trinajstić information content (AvgIpc) is 2.88. The second-order valence-electron chi connectivity index (χ2n) is 9.45. The van der Waals surface area contributed by atoms with Gasteiger partial charge < -0.3 is 37.0 Å². The van der Waals surface area contributed by atoms with Crippen molar-refractivity contribution in [2.75, 3.05) is 0 Å². The Morgan fingerprint density at radius 3 is 1.74 bits per heavy atom. The standard InChI is InChI=1S/C27H34N4O8/c1-15(2)23(28)26(37)30-20(14-22(33)34)25(36)29-19(12-16-6-4-3-5-7-16)24(35)31-21(27(38)39)13-17-8-10-18(32)11-9-17/h3-11,15,19-21,23,32H,12-14,28H2,1-2H3,(H,29,36)(H,30,37)(H,31,35)(H,33,34)(H,38,39). The highest BCUT2D eigenvalue weighted by molar-refractivity contribution is 5.95. The molecule has 4 atom stereocenters. The Labute approximate surface area is 225 Å². The maximum absolute atomic E-state index is 13.3. The summed E-state index contributed by atoms with van der Waals surface area (Å²) in [4.78, 5) is 62.1. The van der Waals surface area contributed by atoms with E-state index in [0.717, 1.165) is 0 Å². The molecule has 2 aromatic carbocycles. The van der Waals surface area contributed by atoms with Crippen LogP contribution in [0.4, 0.5) is 0 Å². The molecule has 2 rings (SSSR count). The van der Waals surface area contributed by atoms with Gasteiger partial charge in [0.25, 0.3) is 0 Å². The number of hydrogen-bond donors (Lipinski definition) is 7. The van der Waals surface area contributed by atoms with Gasteiger partial charge in [0, 0.05) is 12.8 Å². The number of carbonyl (C=O) groups is 5. The molecule has 3 amide bonds. The summed E-state index contributed by atoms with van der Waals surface area (Å²) in [6.07, 6.45) is -0.901. The molecule has 8 N–H and O–H groups in total. The zero-order valence-electron chi connectivity index (χ0n) is 21.7. The summed E-state index contributed by atoms with van der Waals surface area (Å²) in [5.74, 6) is -5.46. The van der Waals surface area contributed by atoms with Crippen LogP contribution < -0.4 is 21.7 Å². The number of carboxylic acids is 2. The van der Waals surface area contributed by atoms with Gasteiger partial charge in [-0.3, -0.25) is 19.2 Å². The van der Waals surface area contributed by atoms with Crippen molar-refractivity contribution in [2.24, 2.45) is 11.7 Å². The monoisotopic (exact) mass is 542 g/mol. The van der Waals surface area contributed by atoms with Crippen LogP contribution >= 0.6 is 0 Å². The zero-order valence-corrected chi connectivity index (χ0v) is 21.7. The second-order valence-corrected chi connectivity index (χ2v) is 9.45. The minimum atomic E-state index is -1.53. The van der Waals surface area contributed by atoms with Crippen LogP contribution in [0.25, 0.3) is 0 Å². The molecule has 0 aliphatic heterocycles. The number of benzene rings is 2. The van der Waals surface area contributed by atoms with E-state index in [2.05, 4.69) is 16.0 Å². The fourth-order valence-corrected chi connectivity index (χ4v) is 3.63. The quantitative estimate of drug-likeness (QED) is 0.173. The molecule has 0 fully saturated rings. The maximum Gasteiger partial charge on any atom is 0.326 e. The van der Waals surface area contributed by atoms with Gasteiger partial charge in [-0.15, -0.1) is 0 Å². The van der Waals surface area contributed by atoms with Crippen molar-refractivity contribution in [3.05, 3.63) is 65.7 Å². The Bertz CT molecular complexity index is 1150. The van der Waals surface area contributed by atoms with Crippen LogP contribution in [0.15, 0.2) is 54.6 Å². The lowest BCUT2D eigenvalue weighted by Gasteiger charge is -2.25. The molecular weight excluding hydrogens is 508 g/mol. The van der Waals surface area contributed by atoms with Crippen LogP contribution in [-0.4, -0.2) is 69.1 Å². The topological polar surface area (TPSA) is 208 Å². The number of hydrogen-bond acceptors (Lipinski definition) is 7. The molecule has 39 heavy (non-hydrogen) atoms. The van der Waals surface area contributed by atoms with Crippen LogP contribution in [-0.2, 0) is 36.8 Å². The number of nitrogens with two attached hydrogens (primary N) is 1. The fourth-order valence-electron chi connectivity index (χ4n) is 3.63. The Hall–Kier alpha value is -4.45. The van der Waals surface area contributed by atoms with E-state index in [1.807, 2.05) is 0 Å². The second kappa shape index (κ2) is 14.5. The van der Waals surface area contributed by atoms with Crippen LogP contribution in [0, 0.1) is 5.92 Å². The first-order valence-corrected chi connectivity index (χ1v) is 12.3. The molecule has 0 saturated carbocycles. The fraction of sp³-hybridized carbons (Fsp3) is 0.370. The molecule has 0 bridgehead atoms. The first-order chi connectivity index (χ1) is 18.4. The van der Waals surface area contributed by atoms with E-state index in [4.69, 9.17) is 5.73 Å². The lowest BCUT2D eigenvalue weighted by Crippen LogP contribution is -2.58. The smallest absolute Gasteiger partial charge is 0.326 e. The number of carboxylic acid groups (broad SMARTS) is 2. The van der Waals surface area contributed by atoms with Crippen molar-refractivity contribution >= 4 is 29.7 Å². The number of phenolic OH excluding ortho intramolecular Hbond substituents is 1. The SMILES string of the molecule is CC(C)C(N)C(=O)NC(CC(=O)O)C(=O)NC(Cc1ccccc1)C(=O)NC(Cc1ccc(O)cc1)C(=O)O. The zero-order chi connectivity index (χ0) is 29.1. The molecule has 0 saturated heterocycles. The Morgan fingerprint density at radius 1 is 0.718 bits per heavy atom. The highest BCUT2D eigenvalue weighted by Gasteiger charge is 2.32. The maximum atomic E-state index is 13.3. The van der Waals surface area contributed by atoms with E-state index in [0.29, 0.717) is 11.1 Å². The molecule has 0 radical (unpaired) electrons. The van der Waals surface area contributed by atoms with E-state index in [-0.39, 0.29) is 24.5 Å². The largest absolute Gasteiger partial charge is 0.508 e. The molecule has 2 aromatic rings. The Kier molecular flexibility index (Phi) is 11.4. The summed E-state index contributed by atoms with van der Waals surface area (Å²) < 4.78 is 0. The number of phenols is 1. The van der Waals surface area contributed by atoms with Crippen molar-refractivity contribution in [2.45, 2.75) is 57.3 Å². The highest BCUT2D eigenvalue weighted by Crippen LogP contribution is 2.12. The Morgan fingerprint density at radius 2 is 1.21 bits per heavy atom. The van der Waals surface area contributed by atoms with E-state index in [1.165, 1.54) is 24.3 Å². The van der Waals surface area contributed by atoms with E-state index >= 15 is 0 Å². The summed E-state index contributed by atoms with van der Waals surface area (Å²) in [5, 5.41) is 35.7. The Balaban J connectivity index is 2.26. The third-order valence-electron chi connectivity index (χ3n) is 5.94. The van der Waals surface area contributed by atoms with Crippen LogP contribution in [0.3, 0.4) is 0 Å². The first-order valence-electron chi connectivity index (χ1n) is 12.3. The molecule has 0 aliphatic carbocycles. The average molecular weight is 543 g/mol. The molecule has 210 valence electrons. The van der Waals surface area contributed by atoms with Crippen molar-refractivity contribution < 1.29 is 39.3 Å². The van der Waals surface area contributed by atoms with Crippen molar-refractivity contribution in [1.82, 2.24) is 16.0 Å². The molecule has 0 heterocycles. The van der Waals surface area contributed by atoms with Gasteiger partial charge in [0.1, 0.15) is 23.9 Å². The molecule has 0 aliphatic rings. The number of amides is 3. The molecule has 12 nitrogen and oxygen atoms in total. The summed E-state index contributed by atoms with van der Waals surface area (Å²) in [7, 11) is 0. The third-order valence-corrected chi connectivity index (χ3v) is 5.94. The van der Waals surface area contributed by atoms with Gasteiger partial charge in [-0.25, -0.2) is 4.79 Å². The summed E-state index contributed by atoms with van der Waals surface area (Å²) in [6.45, 7) is 3.38. The van der Waals surface area contributed by atoms with Gasteiger partial charge in [-0.1, -0.05) is 56.3 Å². The van der Waals surface area contributed by atoms with Gasteiger partial charge in [0.05, 0.1) is 12.5 Å². The van der Waals surface area contributed by atoms with Crippen molar-refractivity contribution in [3.63, 3.8) is 0 Å². The normalized spacial score (nSPS) is 13.9. The molecule has 0 spiro atoms. The van der Waals surface area contributed by atoms with Gasteiger partial charge in [-0.2, -0.15) is 0 Å². The van der Waals surface area contributed by atoms with Crippen LogP contribution in [0.5, 0.6) is 5.75 Å². The van der Waals surface area contributed by atoms with Gasteiger partial charge in [-0.05, 0) is 29.2 Å². The molecule has 0 aromatic heterocycles. The third kappa shape index (κ3) is 10.1. The van der Waals surface area contributed by atoms with Gasteiger partial charge in [0.2, 0.25) is 17.7 Å². The number of rotatable bonds is 14. The first kappa shape index (κ1) is 30.8. The van der Waals surface area contributed by atoms with E-state index in [1.54, 1.807) is 44.2 Å². The minimum absolute atomic E-state index is 0.00217. The van der Waals surface area contributed by atoms with E-state index < -0.39 is 60.2 Å². The van der Waals surface area contributed by atoms with Gasteiger partial charge in [0.15, 0.2) is 0 Å². The predicted molar refractivity (Wildman–Crippen MR) is 140 cm³/mol.